The summed E-state index contributed by atoms with van der Waals surface area (Å²) in [6.45, 7) is 3.51. The van der Waals surface area contributed by atoms with E-state index in [1.165, 1.54) is 7.11 Å². The molecule has 0 saturated carbocycles. The van der Waals surface area contributed by atoms with E-state index >= 15 is 0 Å². The molecule has 0 bridgehead atoms. The molecule has 0 aromatic heterocycles. The second-order valence-electron chi connectivity index (χ2n) is 7.05. The highest BCUT2D eigenvalue weighted by Gasteiger charge is 2.33. The smallest absolute Gasteiger partial charge is 0.416 e. The maximum atomic E-state index is 12.9. The molecule has 30 heavy (non-hydrogen) atoms. The number of carbonyl (C=O) groups is 2. The zero-order valence-corrected chi connectivity index (χ0v) is 17.9. The third-order valence-corrected chi connectivity index (χ3v) is 5.73. The second-order valence-corrected chi connectivity index (χ2v) is 8.76. The number of amides is 1. The van der Waals surface area contributed by atoms with Crippen LogP contribution < -0.4 is 10.0 Å². The first-order chi connectivity index (χ1) is 13.9. The van der Waals surface area contributed by atoms with E-state index in [1.54, 1.807) is 13.8 Å². The van der Waals surface area contributed by atoms with E-state index in [-0.39, 0.29) is 18.9 Å². The summed E-state index contributed by atoms with van der Waals surface area (Å²) in [5, 5.41) is 2.61. The van der Waals surface area contributed by atoms with Gasteiger partial charge in [-0.25, -0.2) is 8.42 Å². The van der Waals surface area contributed by atoms with Gasteiger partial charge in [0, 0.05) is 13.0 Å². The van der Waals surface area contributed by atoms with Crippen LogP contribution in [0.1, 0.15) is 45.1 Å². The number of alkyl halides is 3. The number of sulfonamides is 1. The van der Waals surface area contributed by atoms with Crippen molar-refractivity contribution in [2.75, 3.05) is 13.7 Å². The summed E-state index contributed by atoms with van der Waals surface area (Å²) in [6, 6.07) is 2.18. The number of benzene rings is 1. The van der Waals surface area contributed by atoms with Crippen molar-refractivity contribution in [1.82, 2.24) is 10.0 Å². The van der Waals surface area contributed by atoms with Crippen molar-refractivity contribution in [2.24, 2.45) is 5.92 Å². The fourth-order valence-corrected chi connectivity index (χ4v) is 3.95. The molecule has 1 rings (SSSR count). The molecule has 2 N–H and O–H groups in total. The molecule has 1 atom stereocenters. The molecule has 7 nitrogen and oxygen atoms in total. The molecule has 1 aromatic rings. The lowest BCUT2D eigenvalue weighted by molar-refractivity contribution is -0.141. The molecule has 1 amide bonds. The van der Waals surface area contributed by atoms with Gasteiger partial charge in [0.25, 0.3) is 0 Å². The number of methoxy groups -OCH3 is 1. The van der Waals surface area contributed by atoms with Crippen LogP contribution in [0.4, 0.5) is 13.2 Å². The van der Waals surface area contributed by atoms with Gasteiger partial charge < -0.3 is 10.1 Å². The van der Waals surface area contributed by atoms with Gasteiger partial charge in [-0.15, -0.1) is 0 Å². The minimum absolute atomic E-state index is 0.272. The first-order valence-electron chi connectivity index (χ1n) is 9.42. The quantitative estimate of drug-likeness (QED) is 0.397. The number of halogens is 3. The number of hydrogen-bond acceptors (Lipinski definition) is 5. The number of hydrogen-bond donors (Lipinski definition) is 2. The van der Waals surface area contributed by atoms with Crippen molar-refractivity contribution in [2.45, 2.75) is 56.6 Å². The van der Waals surface area contributed by atoms with Gasteiger partial charge in [-0.1, -0.05) is 26.3 Å². The molecule has 1 aromatic carbocycles. The summed E-state index contributed by atoms with van der Waals surface area (Å²) in [5.41, 5.74) is -1.09. The van der Waals surface area contributed by atoms with Crippen LogP contribution in [-0.4, -0.2) is 40.0 Å². The maximum Gasteiger partial charge on any atom is 0.416 e. The molecule has 0 fully saturated rings. The van der Waals surface area contributed by atoms with Crippen LogP contribution in [-0.2, 0) is 30.5 Å². The van der Waals surface area contributed by atoms with Crippen LogP contribution in [0.15, 0.2) is 29.2 Å². The molecular formula is C19H27F3N2O5S. The lowest BCUT2D eigenvalue weighted by Gasteiger charge is -2.22. The molecule has 0 aliphatic heterocycles. The Kier molecular flexibility index (Phi) is 9.76. The topological polar surface area (TPSA) is 102 Å². The van der Waals surface area contributed by atoms with Crippen molar-refractivity contribution in [3.05, 3.63) is 29.8 Å². The van der Waals surface area contributed by atoms with Gasteiger partial charge in [0.2, 0.25) is 15.9 Å². The number of unbranched alkanes of at least 4 members (excludes halogenated alkanes) is 2. The van der Waals surface area contributed by atoms with E-state index in [1.807, 2.05) is 0 Å². The molecule has 0 radical (unpaired) electrons. The van der Waals surface area contributed by atoms with Crippen LogP contribution in [0.25, 0.3) is 0 Å². The predicted octanol–water partition coefficient (Wildman–Crippen LogP) is 2.86. The summed E-state index contributed by atoms with van der Waals surface area (Å²) in [4.78, 5) is 22.9. The van der Waals surface area contributed by atoms with Gasteiger partial charge in [-0.05, 0) is 37.0 Å². The summed E-state index contributed by atoms with van der Waals surface area (Å²) in [6.07, 6.45) is -2.58. The number of carbonyl (C=O) groups excluding carboxylic acids is 2. The van der Waals surface area contributed by atoms with E-state index in [4.69, 9.17) is 0 Å². The van der Waals surface area contributed by atoms with Crippen LogP contribution in [0.3, 0.4) is 0 Å². The SMILES string of the molecule is COC(=O)CCCCCNC(=O)[C@@H](NS(=O)(=O)c1cccc(C(F)(F)F)c1)C(C)C. The lowest BCUT2D eigenvalue weighted by Crippen LogP contribution is -2.49. The molecule has 0 aliphatic carbocycles. The summed E-state index contributed by atoms with van der Waals surface area (Å²) in [5.74, 6) is -1.33. The average molecular weight is 452 g/mol. The van der Waals surface area contributed by atoms with Gasteiger partial charge in [0.05, 0.1) is 17.6 Å². The molecule has 0 heterocycles. The Labute approximate surface area is 174 Å². The third kappa shape index (κ3) is 8.31. The summed E-state index contributed by atoms with van der Waals surface area (Å²) in [7, 11) is -3.05. The first kappa shape index (κ1) is 25.9. The van der Waals surface area contributed by atoms with Crippen molar-refractivity contribution in [1.29, 1.82) is 0 Å². The van der Waals surface area contributed by atoms with Gasteiger partial charge in [0.1, 0.15) is 6.04 Å². The average Bonchev–Trinajstić information content (AvgIpc) is 2.67. The Balaban J connectivity index is 2.72. The second kappa shape index (κ2) is 11.3. The normalized spacial score (nSPS) is 13.2. The Morgan fingerprint density at radius 2 is 1.80 bits per heavy atom. The highest BCUT2D eigenvalue weighted by molar-refractivity contribution is 7.89. The first-order valence-corrected chi connectivity index (χ1v) is 10.9. The van der Waals surface area contributed by atoms with E-state index in [0.29, 0.717) is 25.3 Å². The number of ether oxygens (including phenoxy) is 1. The zero-order valence-electron chi connectivity index (χ0n) is 17.1. The fraction of sp³-hybridized carbons (Fsp3) is 0.579. The predicted molar refractivity (Wildman–Crippen MR) is 104 cm³/mol. The van der Waals surface area contributed by atoms with Crippen LogP contribution in [0, 0.1) is 5.92 Å². The molecule has 170 valence electrons. The molecule has 0 saturated heterocycles. The zero-order chi connectivity index (χ0) is 22.9. The maximum absolute atomic E-state index is 12.9. The Morgan fingerprint density at radius 3 is 2.37 bits per heavy atom. The highest BCUT2D eigenvalue weighted by Crippen LogP contribution is 2.30. The van der Waals surface area contributed by atoms with Gasteiger partial charge in [0.15, 0.2) is 0 Å². The van der Waals surface area contributed by atoms with E-state index in [2.05, 4.69) is 14.8 Å². The van der Waals surface area contributed by atoms with Gasteiger partial charge in [-0.3, -0.25) is 9.59 Å². The Bertz CT molecular complexity index is 826. The van der Waals surface area contributed by atoms with Crippen molar-refractivity contribution in [3.63, 3.8) is 0 Å². The van der Waals surface area contributed by atoms with Crippen LogP contribution in [0.2, 0.25) is 0 Å². The van der Waals surface area contributed by atoms with E-state index in [9.17, 15) is 31.2 Å². The molecule has 0 spiro atoms. The molecule has 0 aliphatic rings. The molecule has 0 unspecified atom stereocenters. The molecular weight excluding hydrogens is 425 g/mol. The Hall–Kier alpha value is -2.14. The van der Waals surface area contributed by atoms with Gasteiger partial charge in [-0.2, -0.15) is 17.9 Å². The Morgan fingerprint density at radius 1 is 1.13 bits per heavy atom. The highest BCUT2D eigenvalue weighted by atomic mass is 32.2. The minimum Gasteiger partial charge on any atom is -0.469 e. The summed E-state index contributed by atoms with van der Waals surface area (Å²) < 4.78 is 70.4. The molecule has 11 heteroatoms. The summed E-state index contributed by atoms with van der Waals surface area (Å²) >= 11 is 0. The third-order valence-electron chi connectivity index (χ3n) is 4.29. The largest absolute Gasteiger partial charge is 0.469 e. The van der Waals surface area contributed by atoms with Crippen molar-refractivity contribution >= 4 is 21.9 Å². The fourth-order valence-electron chi connectivity index (χ4n) is 2.56. The van der Waals surface area contributed by atoms with Crippen molar-refractivity contribution in [3.8, 4) is 0 Å². The van der Waals surface area contributed by atoms with E-state index < -0.39 is 44.5 Å². The van der Waals surface area contributed by atoms with Gasteiger partial charge >= 0.3 is 12.1 Å². The number of rotatable bonds is 11. The minimum atomic E-state index is -4.69. The van der Waals surface area contributed by atoms with Crippen LogP contribution in [0.5, 0.6) is 0 Å². The lowest BCUT2D eigenvalue weighted by atomic mass is 10.0. The number of esters is 1. The van der Waals surface area contributed by atoms with Crippen molar-refractivity contribution < 1.29 is 35.9 Å². The monoisotopic (exact) mass is 452 g/mol. The standard InChI is InChI=1S/C19H27F3N2O5S/c1-13(2)17(18(26)23-11-6-4-5-10-16(25)29-3)24-30(27,28)15-9-7-8-14(12-15)19(20,21)22/h7-9,12-13,17,24H,4-6,10-11H2,1-3H3,(H,23,26)/t17-/m0/s1. The van der Waals surface area contributed by atoms with Crippen LogP contribution >= 0.6 is 0 Å². The number of nitrogens with one attached hydrogen (secondary N) is 2. The van der Waals surface area contributed by atoms with E-state index in [0.717, 1.165) is 18.2 Å².